The Morgan fingerprint density at radius 1 is 1.48 bits per heavy atom. The zero-order valence-corrected chi connectivity index (χ0v) is 13.5. The molecule has 0 aliphatic carbocycles. The third-order valence-electron chi connectivity index (χ3n) is 3.02. The topological polar surface area (TPSA) is 71.8 Å². The molecule has 0 fully saturated rings. The maximum absolute atomic E-state index is 12.1. The molecule has 0 bridgehead atoms. The van der Waals surface area contributed by atoms with Crippen LogP contribution in [0.2, 0.25) is 0 Å². The molecule has 0 atom stereocenters. The minimum Gasteiger partial charge on any atom is -0.362 e. The van der Waals surface area contributed by atoms with Crippen molar-refractivity contribution in [1.29, 1.82) is 0 Å². The van der Waals surface area contributed by atoms with Gasteiger partial charge in [-0.1, -0.05) is 11.3 Å². The number of aryl methyl sites for hydroxylation is 3. The van der Waals surface area contributed by atoms with E-state index in [2.05, 4.69) is 20.7 Å². The van der Waals surface area contributed by atoms with Gasteiger partial charge in [0.2, 0.25) is 0 Å². The van der Waals surface area contributed by atoms with Crippen LogP contribution in [0.25, 0.3) is 0 Å². The number of aromatic nitrogens is 3. The molecule has 0 unspecified atom stereocenters. The Bertz CT molecular complexity index is 604. The van der Waals surface area contributed by atoms with Crippen molar-refractivity contribution in [2.45, 2.75) is 26.7 Å². The lowest BCUT2D eigenvalue weighted by atomic mass is 10.2. The van der Waals surface area contributed by atoms with Crippen molar-refractivity contribution < 1.29 is 4.79 Å². The van der Waals surface area contributed by atoms with Gasteiger partial charge in [0.1, 0.15) is 4.88 Å². The summed E-state index contributed by atoms with van der Waals surface area (Å²) in [6.07, 6.45) is 5.67. The Morgan fingerprint density at radius 2 is 2.29 bits per heavy atom. The second kappa shape index (κ2) is 7.21. The molecule has 2 rings (SSSR count). The normalized spacial score (nSPS) is 10.6. The van der Waals surface area contributed by atoms with Crippen molar-refractivity contribution in [1.82, 2.24) is 20.1 Å². The molecule has 0 spiro atoms. The molecular formula is C14H21N5OS. The van der Waals surface area contributed by atoms with Gasteiger partial charge in [-0.05, 0) is 32.3 Å². The summed E-state index contributed by atoms with van der Waals surface area (Å²) < 4.78 is 1.79. The first-order chi connectivity index (χ1) is 10.1. The van der Waals surface area contributed by atoms with Crippen LogP contribution >= 0.6 is 11.3 Å². The van der Waals surface area contributed by atoms with Gasteiger partial charge in [0.25, 0.3) is 5.91 Å². The molecule has 2 N–H and O–H groups in total. The highest BCUT2D eigenvalue weighted by atomic mass is 32.1. The lowest BCUT2D eigenvalue weighted by Crippen LogP contribution is -2.24. The summed E-state index contributed by atoms with van der Waals surface area (Å²) in [5, 5.41) is 11.0. The summed E-state index contributed by atoms with van der Waals surface area (Å²) in [7, 11) is 1.90. The van der Waals surface area contributed by atoms with Crippen molar-refractivity contribution in [2.75, 3.05) is 18.4 Å². The monoisotopic (exact) mass is 307 g/mol. The molecule has 7 heteroatoms. The molecule has 2 aromatic rings. The summed E-state index contributed by atoms with van der Waals surface area (Å²) >= 11 is 1.40. The number of nitrogens with zero attached hydrogens (tertiary/aromatic N) is 3. The van der Waals surface area contributed by atoms with E-state index in [0.29, 0.717) is 11.4 Å². The molecule has 6 nitrogen and oxygen atoms in total. The van der Waals surface area contributed by atoms with Crippen molar-refractivity contribution in [3.63, 3.8) is 0 Å². The highest BCUT2D eigenvalue weighted by molar-refractivity contribution is 7.17. The molecule has 0 aliphatic rings. The summed E-state index contributed by atoms with van der Waals surface area (Å²) in [6, 6.07) is 0. The Morgan fingerprint density at radius 3 is 2.95 bits per heavy atom. The van der Waals surface area contributed by atoms with E-state index in [-0.39, 0.29) is 5.91 Å². The summed E-state index contributed by atoms with van der Waals surface area (Å²) in [5.41, 5.74) is 1.97. The van der Waals surface area contributed by atoms with Gasteiger partial charge in [-0.15, -0.1) is 0 Å². The first-order valence-corrected chi connectivity index (χ1v) is 7.88. The first kappa shape index (κ1) is 15.5. The molecule has 2 heterocycles. The fraction of sp³-hybridized carbons (Fsp3) is 0.500. The number of amides is 1. The number of carbonyl (C=O) groups excluding carboxylic acids is 1. The van der Waals surface area contributed by atoms with Crippen LogP contribution in [0, 0.1) is 6.92 Å². The minimum atomic E-state index is -0.0414. The largest absolute Gasteiger partial charge is 0.362 e. The first-order valence-electron chi connectivity index (χ1n) is 7.07. The van der Waals surface area contributed by atoms with Gasteiger partial charge in [-0.25, -0.2) is 4.98 Å². The number of carbonyl (C=O) groups is 1. The van der Waals surface area contributed by atoms with Crippen LogP contribution in [0.1, 0.15) is 34.3 Å². The fourth-order valence-corrected chi connectivity index (χ4v) is 2.96. The van der Waals surface area contributed by atoms with E-state index < -0.39 is 0 Å². The quantitative estimate of drug-likeness (QED) is 0.767. The maximum Gasteiger partial charge on any atom is 0.263 e. The van der Waals surface area contributed by atoms with Gasteiger partial charge in [0, 0.05) is 26.3 Å². The van der Waals surface area contributed by atoms with Crippen LogP contribution < -0.4 is 10.6 Å². The molecule has 1 amide bonds. The predicted octanol–water partition coefficient (Wildman–Crippen LogP) is 1.98. The molecule has 114 valence electrons. The van der Waals surface area contributed by atoms with Gasteiger partial charge in [0.05, 0.1) is 11.9 Å². The standard InChI is InChI=1S/C14H21N5OS/c1-4-15-14-18-10(2)12(21-14)13(20)16-7-5-6-11-8-17-19(3)9-11/h8-9H,4-7H2,1-3H3,(H,15,18)(H,16,20). The number of hydrogen-bond donors (Lipinski definition) is 2. The average Bonchev–Trinajstić information content (AvgIpc) is 3.01. The van der Waals surface area contributed by atoms with E-state index >= 15 is 0 Å². The van der Waals surface area contributed by atoms with E-state index in [1.807, 2.05) is 33.3 Å². The van der Waals surface area contributed by atoms with Gasteiger partial charge in [-0.2, -0.15) is 5.10 Å². The van der Waals surface area contributed by atoms with E-state index in [1.165, 1.54) is 16.9 Å². The molecule has 0 saturated heterocycles. The zero-order valence-electron chi connectivity index (χ0n) is 12.6. The molecule has 0 aliphatic heterocycles. The Hall–Kier alpha value is -1.89. The third kappa shape index (κ3) is 4.29. The summed E-state index contributed by atoms with van der Waals surface area (Å²) in [4.78, 5) is 17.1. The molecule has 21 heavy (non-hydrogen) atoms. The zero-order chi connectivity index (χ0) is 15.2. The van der Waals surface area contributed by atoms with Crippen LogP contribution in [0.3, 0.4) is 0 Å². The summed E-state index contributed by atoms with van der Waals surface area (Å²) in [6.45, 7) is 5.33. The molecule has 2 aromatic heterocycles. The van der Waals surface area contributed by atoms with Crippen LogP contribution in [0.15, 0.2) is 12.4 Å². The van der Waals surface area contributed by atoms with Crippen molar-refractivity contribution in [2.24, 2.45) is 7.05 Å². The molecule has 0 radical (unpaired) electrons. The second-order valence-corrected chi connectivity index (χ2v) is 5.84. The SMILES string of the molecule is CCNc1nc(C)c(C(=O)NCCCc2cnn(C)c2)s1. The van der Waals surface area contributed by atoms with Crippen molar-refractivity contribution >= 4 is 22.4 Å². The number of nitrogens with one attached hydrogen (secondary N) is 2. The van der Waals surface area contributed by atoms with Crippen molar-refractivity contribution in [3.05, 3.63) is 28.5 Å². The lowest BCUT2D eigenvalue weighted by molar-refractivity contribution is 0.0956. The molecule has 0 saturated carbocycles. The Kier molecular flexibility index (Phi) is 5.32. The van der Waals surface area contributed by atoms with Gasteiger partial charge in [-0.3, -0.25) is 9.48 Å². The van der Waals surface area contributed by atoms with Crippen LogP contribution in [0.5, 0.6) is 0 Å². The predicted molar refractivity (Wildman–Crippen MR) is 84.9 cm³/mol. The smallest absolute Gasteiger partial charge is 0.263 e. The van der Waals surface area contributed by atoms with Gasteiger partial charge < -0.3 is 10.6 Å². The highest BCUT2D eigenvalue weighted by Gasteiger charge is 2.14. The number of hydrogen-bond acceptors (Lipinski definition) is 5. The number of thiazole rings is 1. The maximum atomic E-state index is 12.1. The van der Waals surface area contributed by atoms with E-state index in [0.717, 1.165) is 30.2 Å². The highest BCUT2D eigenvalue weighted by Crippen LogP contribution is 2.22. The second-order valence-electron chi connectivity index (χ2n) is 4.85. The van der Waals surface area contributed by atoms with Crippen molar-refractivity contribution in [3.8, 4) is 0 Å². The van der Waals surface area contributed by atoms with E-state index in [9.17, 15) is 4.79 Å². The van der Waals surface area contributed by atoms with E-state index in [4.69, 9.17) is 0 Å². The number of anilines is 1. The average molecular weight is 307 g/mol. The molecule has 0 aromatic carbocycles. The molecular weight excluding hydrogens is 286 g/mol. The fourth-order valence-electron chi connectivity index (χ4n) is 2.01. The lowest BCUT2D eigenvalue weighted by Gasteiger charge is -2.03. The minimum absolute atomic E-state index is 0.0414. The third-order valence-corrected chi connectivity index (χ3v) is 4.13. The van der Waals surface area contributed by atoms with Gasteiger partial charge in [0.15, 0.2) is 5.13 Å². The van der Waals surface area contributed by atoms with Gasteiger partial charge >= 0.3 is 0 Å². The van der Waals surface area contributed by atoms with Crippen LogP contribution in [-0.4, -0.2) is 33.8 Å². The Labute approximate surface area is 128 Å². The van der Waals surface area contributed by atoms with Crippen LogP contribution in [0.4, 0.5) is 5.13 Å². The van der Waals surface area contributed by atoms with E-state index in [1.54, 1.807) is 4.68 Å². The summed E-state index contributed by atoms with van der Waals surface area (Å²) in [5.74, 6) is -0.0414. The number of rotatable bonds is 7. The van der Waals surface area contributed by atoms with Crippen LogP contribution in [-0.2, 0) is 13.5 Å². The Balaban J connectivity index is 1.79.